The predicted octanol–water partition coefficient (Wildman–Crippen LogP) is 1.18. The fourth-order valence-electron chi connectivity index (χ4n) is 3.08. The van der Waals surface area contributed by atoms with Gasteiger partial charge in [-0.2, -0.15) is 0 Å². The molecule has 0 saturated carbocycles. The fourth-order valence-corrected chi connectivity index (χ4v) is 3.08. The Morgan fingerprint density at radius 1 is 1.55 bits per heavy atom. The summed E-state index contributed by atoms with van der Waals surface area (Å²) in [4.78, 5) is 17.5. The molecular weight excluding hydrogens is 252 g/mol. The smallest absolute Gasteiger partial charge is 0.234 e. The SMILES string of the molecule is [C-]#[N+]c1cccc([C@]23CNC[C@H]2C(=O)N(C)C(=C)N3)c1. The van der Waals surface area contributed by atoms with Gasteiger partial charge in [-0.15, -0.1) is 0 Å². The third kappa shape index (κ3) is 1.62. The highest BCUT2D eigenvalue weighted by atomic mass is 16.2. The Balaban J connectivity index is 2.11. The van der Waals surface area contributed by atoms with Gasteiger partial charge in [0.1, 0.15) is 5.82 Å². The summed E-state index contributed by atoms with van der Waals surface area (Å²) in [5.41, 5.74) is 1.05. The Kier molecular flexibility index (Phi) is 2.77. The number of carbonyl (C=O) groups is 1. The van der Waals surface area contributed by atoms with Gasteiger partial charge >= 0.3 is 0 Å². The van der Waals surface area contributed by atoms with Crippen LogP contribution in [-0.4, -0.2) is 30.9 Å². The Morgan fingerprint density at radius 3 is 3.10 bits per heavy atom. The molecule has 2 aliphatic rings. The molecule has 0 aliphatic carbocycles. The van der Waals surface area contributed by atoms with Gasteiger partial charge in [0.2, 0.25) is 5.91 Å². The second-order valence-corrected chi connectivity index (χ2v) is 5.29. The van der Waals surface area contributed by atoms with E-state index >= 15 is 0 Å². The van der Waals surface area contributed by atoms with Crippen LogP contribution in [0.1, 0.15) is 5.56 Å². The third-order valence-electron chi connectivity index (χ3n) is 4.24. The van der Waals surface area contributed by atoms with Crippen molar-refractivity contribution in [2.75, 3.05) is 20.1 Å². The summed E-state index contributed by atoms with van der Waals surface area (Å²) >= 11 is 0. The van der Waals surface area contributed by atoms with Crippen molar-refractivity contribution in [1.29, 1.82) is 0 Å². The first-order valence-electron chi connectivity index (χ1n) is 6.52. The molecule has 2 saturated heterocycles. The summed E-state index contributed by atoms with van der Waals surface area (Å²) in [6.07, 6.45) is 0. The maximum absolute atomic E-state index is 12.5. The summed E-state index contributed by atoms with van der Waals surface area (Å²) in [5, 5.41) is 6.67. The zero-order valence-corrected chi connectivity index (χ0v) is 11.3. The van der Waals surface area contributed by atoms with Crippen molar-refractivity contribution in [3.63, 3.8) is 0 Å². The van der Waals surface area contributed by atoms with Crippen LogP contribution in [0, 0.1) is 12.5 Å². The molecule has 20 heavy (non-hydrogen) atoms. The van der Waals surface area contributed by atoms with Gasteiger partial charge in [0.15, 0.2) is 5.69 Å². The average molecular weight is 268 g/mol. The molecule has 5 nitrogen and oxygen atoms in total. The molecule has 2 atom stereocenters. The number of nitrogens with zero attached hydrogens (tertiary/aromatic N) is 2. The normalized spacial score (nSPS) is 28.8. The van der Waals surface area contributed by atoms with E-state index in [-0.39, 0.29) is 11.8 Å². The van der Waals surface area contributed by atoms with Crippen LogP contribution >= 0.6 is 0 Å². The van der Waals surface area contributed by atoms with Gasteiger partial charge in [-0.1, -0.05) is 30.8 Å². The van der Waals surface area contributed by atoms with Crippen LogP contribution in [0.3, 0.4) is 0 Å². The van der Waals surface area contributed by atoms with Crippen molar-refractivity contribution < 1.29 is 4.79 Å². The van der Waals surface area contributed by atoms with E-state index in [9.17, 15) is 4.79 Å². The summed E-state index contributed by atoms with van der Waals surface area (Å²) in [6, 6.07) is 7.45. The molecule has 0 radical (unpaired) electrons. The summed E-state index contributed by atoms with van der Waals surface area (Å²) in [6.45, 7) is 12.4. The highest BCUT2D eigenvalue weighted by molar-refractivity contribution is 5.84. The maximum atomic E-state index is 12.5. The number of fused-ring (bicyclic) bond motifs is 1. The van der Waals surface area contributed by atoms with Gasteiger partial charge in [-0.3, -0.25) is 4.79 Å². The first-order chi connectivity index (χ1) is 9.58. The van der Waals surface area contributed by atoms with Crippen LogP contribution in [0.15, 0.2) is 36.7 Å². The zero-order chi connectivity index (χ0) is 14.3. The molecule has 0 bridgehead atoms. The molecule has 2 heterocycles. The zero-order valence-electron chi connectivity index (χ0n) is 11.3. The number of hydrogen-bond acceptors (Lipinski definition) is 3. The predicted molar refractivity (Wildman–Crippen MR) is 75.8 cm³/mol. The standard InChI is InChI=1S/C15H16N4O/c1-10-18-15(11-5-4-6-12(7-11)16-2)9-17-8-13(15)14(20)19(10)3/h4-7,13,17-18H,1,8-9H2,3H3/t13-,15+/m0/s1. The Hall–Kier alpha value is -2.32. The van der Waals surface area contributed by atoms with Crippen LogP contribution in [0.5, 0.6) is 0 Å². The van der Waals surface area contributed by atoms with E-state index in [4.69, 9.17) is 6.57 Å². The van der Waals surface area contributed by atoms with Crippen molar-refractivity contribution in [3.8, 4) is 0 Å². The second kappa shape index (κ2) is 4.36. The first kappa shape index (κ1) is 12.7. The Bertz CT molecular complexity index is 633. The van der Waals surface area contributed by atoms with E-state index in [2.05, 4.69) is 22.1 Å². The molecule has 0 unspecified atom stereocenters. The van der Waals surface area contributed by atoms with Gasteiger partial charge in [0, 0.05) is 20.1 Å². The Morgan fingerprint density at radius 2 is 2.35 bits per heavy atom. The minimum absolute atomic E-state index is 0.0620. The highest BCUT2D eigenvalue weighted by Gasteiger charge is 2.52. The molecule has 2 fully saturated rings. The van der Waals surface area contributed by atoms with E-state index in [1.807, 2.05) is 18.2 Å². The average Bonchev–Trinajstić information content (AvgIpc) is 2.90. The van der Waals surface area contributed by atoms with E-state index in [1.54, 1.807) is 18.0 Å². The van der Waals surface area contributed by atoms with E-state index < -0.39 is 5.54 Å². The number of hydrogen-bond donors (Lipinski definition) is 2. The molecular formula is C15H16N4O. The molecule has 3 rings (SSSR count). The largest absolute Gasteiger partial charge is 0.360 e. The van der Waals surface area contributed by atoms with Crippen LogP contribution in [0.2, 0.25) is 0 Å². The number of amides is 1. The van der Waals surface area contributed by atoms with Crippen molar-refractivity contribution in [2.24, 2.45) is 5.92 Å². The van der Waals surface area contributed by atoms with Crippen molar-refractivity contribution in [2.45, 2.75) is 5.54 Å². The maximum Gasteiger partial charge on any atom is 0.234 e. The lowest BCUT2D eigenvalue weighted by Crippen LogP contribution is -2.60. The van der Waals surface area contributed by atoms with Gasteiger partial charge in [-0.25, -0.2) is 4.85 Å². The van der Waals surface area contributed by atoms with Crippen LogP contribution in [-0.2, 0) is 10.3 Å². The molecule has 2 aliphatic heterocycles. The number of carbonyl (C=O) groups excluding carboxylic acids is 1. The topological polar surface area (TPSA) is 48.7 Å². The summed E-state index contributed by atoms with van der Waals surface area (Å²) in [7, 11) is 1.73. The third-order valence-corrected chi connectivity index (χ3v) is 4.24. The fraction of sp³-hybridized carbons (Fsp3) is 0.333. The molecule has 2 N–H and O–H groups in total. The summed E-state index contributed by atoms with van der Waals surface area (Å²) < 4.78 is 0. The van der Waals surface area contributed by atoms with Crippen molar-refractivity contribution in [1.82, 2.24) is 15.5 Å². The second-order valence-electron chi connectivity index (χ2n) is 5.29. The molecule has 0 spiro atoms. The molecule has 1 aromatic carbocycles. The lowest BCUT2D eigenvalue weighted by atomic mass is 9.78. The van der Waals surface area contributed by atoms with E-state index in [1.165, 1.54) is 0 Å². The quantitative estimate of drug-likeness (QED) is 0.752. The van der Waals surface area contributed by atoms with Gasteiger partial charge in [-0.05, 0) is 5.56 Å². The number of benzene rings is 1. The van der Waals surface area contributed by atoms with Crippen LogP contribution in [0.25, 0.3) is 4.85 Å². The van der Waals surface area contributed by atoms with Gasteiger partial charge in [0.25, 0.3) is 0 Å². The minimum atomic E-state index is -0.499. The molecule has 0 aromatic heterocycles. The van der Waals surface area contributed by atoms with Crippen molar-refractivity contribution in [3.05, 3.63) is 53.6 Å². The van der Waals surface area contributed by atoms with Gasteiger partial charge in [0.05, 0.1) is 18.0 Å². The van der Waals surface area contributed by atoms with Gasteiger partial charge < -0.3 is 15.5 Å². The Labute approximate surface area is 118 Å². The minimum Gasteiger partial charge on any atom is -0.360 e. The molecule has 1 aromatic rings. The van der Waals surface area contributed by atoms with Crippen LogP contribution in [0.4, 0.5) is 5.69 Å². The van der Waals surface area contributed by atoms with E-state index in [0.29, 0.717) is 24.6 Å². The first-order valence-corrected chi connectivity index (χ1v) is 6.52. The van der Waals surface area contributed by atoms with Crippen molar-refractivity contribution >= 4 is 11.6 Å². The molecule has 5 heteroatoms. The highest BCUT2D eigenvalue weighted by Crippen LogP contribution is 2.39. The monoisotopic (exact) mass is 268 g/mol. The summed E-state index contributed by atoms with van der Waals surface area (Å²) in [5.74, 6) is 0.481. The van der Waals surface area contributed by atoms with Crippen LogP contribution < -0.4 is 10.6 Å². The molecule has 1 amide bonds. The van der Waals surface area contributed by atoms with E-state index in [0.717, 1.165) is 5.56 Å². The number of nitrogens with one attached hydrogen (secondary N) is 2. The number of rotatable bonds is 1. The lowest BCUT2D eigenvalue weighted by molar-refractivity contribution is -0.137. The lowest BCUT2D eigenvalue weighted by Gasteiger charge is -2.44. The molecule has 102 valence electrons.